The fourth-order valence-electron chi connectivity index (χ4n) is 5.06. The van der Waals surface area contributed by atoms with E-state index in [9.17, 15) is 0 Å². The van der Waals surface area contributed by atoms with Gasteiger partial charge in [0.05, 0.1) is 18.4 Å². The molecule has 140 valence electrons. The molecule has 1 heterocycles. The molecule has 2 aromatic carbocycles. The van der Waals surface area contributed by atoms with Gasteiger partial charge >= 0.3 is 0 Å². The summed E-state index contributed by atoms with van der Waals surface area (Å²) in [5.41, 5.74) is 8.02. The topological polar surface area (TPSA) is 18.5 Å². The summed E-state index contributed by atoms with van der Waals surface area (Å²) in [5, 5.41) is 2.80. The molecule has 3 heteroatoms. The van der Waals surface area contributed by atoms with Gasteiger partial charge in [0.15, 0.2) is 0 Å². The number of ether oxygens (including phenoxy) is 1. The molecule has 2 atom stereocenters. The van der Waals surface area contributed by atoms with Gasteiger partial charge in [-0.25, -0.2) is 0 Å². The van der Waals surface area contributed by atoms with E-state index in [1.54, 1.807) is 0 Å². The van der Waals surface area contributed by atoms with E-state index in [-0.39, 0.29) is 11.8 Å². The molecule has 0 amide bonds. The molecule has 0 unspecified atom stereocenters. The first-order chi connectivity index (χ1) is 12.2. The second-order valence-corrected chi connectivity index (χ2v) is 11.8. The predicted molar refractivity (Wildman–Crippen MR) is 112 cm³/mol. The molecule has 0 radical (unpaired) electrons. The lowest BCUT2D eigenvalue weighted by Gasteiger charge is -2.45. The number of hydrogen-bond acceptors (Lipinski definition) is 2. The summed E-state index contributed by atoms with van der Waals surface area (Å²) in [6.45, 7) is 18.3. The van der Waals surface area contributed by atoms with Crippen molar-refractivity contribution in [2.24, 2.45) is 0 Å². The molecular weight excluding hydrogens is 336 g/mol. The second kappa shape index (κ2) is 6.95. The molecule has 0 bridgehead atoms. The predicted octanol–water partition coefficient (Wildman–Crippen LogP) is 3.96. The highest BCUT2D eigenvalue weighted by Gasteiger charge is 2.52. The highest BCUT2D eigenvalue weighted by Crippen LogP contribution is 2.27. The van der Waals surface area contributed by atoms with Crippen molar-refractivity contribution in [1.82, 2.24) is 0 Å². The van der Waals surface area contributed by atoms with Crippen molar-refractivity contribution < 1.29 is 9.16 Å². The molecule has 26 heavy (non-hydrogen) atoms. The summed E-state index contributed by atoms with van der Waals surface area (Å²) in [5.74, 6) is 0. The van der Waals surface area contributed by atoms with Gasteiger partial charge in [0, 0.05) is 0 Å². The van der Waals surface area contributed by atoms with Crippen LogP contribution in [-0.2, 0) is 9.16 Å². The minimum atomic E-state index is -2.53. The Bertz CT molecular complexity index is 737. The highest BCUT2D eigenvalue weighted by molar-refractivity contribution is 6.99. The van der Waals surface area contributed by atoms with Crippen LogP contribution in [0.1, 0.15) is 47.2 Å². The Morgan fingerprint density at radius 1 is 0.731 bits per heavy atom. The van der Waals surface area contributed by atoms with E-state index in [0.29, 0.717) is 6.61 Å². The number of hydrogen-bond donors (Lipinski definition) is 0. The average Bonchev–Trinajstić information content (AvgIpc) is 2.48. The van der Waals surface area contributed by atoms with Gasteiger partial charge in [-0.15, -0.1) is 0 Å². The molecule has 1 aliphatic heterocycles. The Kier molecular flexibility index (Phi) is 5.17. The fourth-order valence-corrected chi connectivity index (χ4v) is 10.2. The maximum Gasteiger partial charge on any atom is 0.285 e. The van der Waals surface area contributed by atoms with Crippen molar-refractivity contribution in [2.45, 2.75) is 67.2 Å². The first-order valence-corrected chi connectivity index (χ1v) is 11.6. The lowest BCUT2D eigenvalue weighted by Crippen LogP contribution is -2.74. The quantitative estimate of drug-likeness (QED) is 0.747. The SMILES string of the molecule is Cc1cc(C)c([Si]2(c3c(C)cc(C)cc3C)OC[C@H](C)O[C@H]2C)c(C)c1. The highest BCUT2D eigenvalue weighted by atomic mass is 28.4. The summed E-state index contributed by atoms with van der Waals surface area (Å²) in [6, 6.07) is 9.18. The zero-order valence-electron chi connectivity index (χ0n) is 17.5. The van der Waals surface area contributed by atoms with E-state index in [1.165, 1.54) is 43.8 Å². The van der Waals surface area contributed by atoms with Crippen LogP contribution in [0.3, 0.4) is 0 Å². The Morgan fingerprint density at radius 2 is 1.12 bits per heavy atom. The van der Waals surface area contributed by atoms with Crippen LogP contribution in [0.5, 0.6) is 0 Å². The zero-order valence-corrected chi connectivity index (χ0v) is 18.5. The third kappa shape index (κ3) is 3.06. The summed E-state index contributed by atoms with van der Waals surface area (Å²) in [7, 11) is -2.53. The maximum absolute atomic E-state index is 6.88. The Labute approximate surface area is 159 Å². The third-order valence-corrected chi connectivity index (χ3v) is 10.6. The Hall–Kier alpha value is -1.42. The van der Waals surface area contributed by atoms with Crippen LogP contribution in [0.15, 0.2) is 24.3 Å². The molecule has 2 aromatic rings. The van der Waals surface area contributed by atoms with Gasteiger partial charge in [0.25, 0.3) is 8.32 Å². The zero-order chi connectivity index (χ0) is 19.2. The van der Waals surface area contributed by atoms with Crippen LogP contribution in [0.25, 0.3) is 0 Å². The molecule has 1 fully saturated rings. The summed E-state index contributed by atoms with van der Waals surface area (Å²) in [6.07, 6.45) is 0.141. The minimum Gasteiger partial charge on any atom is -0.403 e. The van der Waals surface area contributed by atoms with Crippen molar-refractivity contribution in [3.8, 4) is 0 Å². The van der Waals surface area contributed by atoms with Crippen molar-refractivity contribution in [3.63, 3.8) is 0 Å². The first-order valence-electron chi connectivity index (χ1n) is 9.63. The number of aryl methyl sites for hydroxylation is 6. The number of rotatable bonds is 2. The lowest BCUT2D eigenvalue weighted by atomic mass is 10.1. The minimum absolute atomic E-state index is 0.0754. The molecule has 1 saturated heterocycles. The third-order valence-electron chi connectivity index (χ3n) is 5.65. The van der Waals surface area contributed by atoms with Gasteiger partial charge in [0.1, 0.15) is 0 Å². The average molecular weight is 369 g/mol. The van der Waals surface area contributed by atoms with Crippen LogP contribution >= 0.6 is 0 Å². The molecule has 2 nitrogen and oxygen atoms in total. The second-order valence-electron chi connectivity index (χ2n) is 8.18. The smallest absolute Gasteiger partial charge is 0.285 e. The van der Waals surface area contributed by atoms with Crippen molar-refractivity contribution in [2.75, 3.05) is 6.61 Å². The summed E-state index contributed by atoms with van der Waals surface area (Å²) < 4.78 is 13.3. The van der Waals surface area contributed by atoms with Gasteiger partial charge in [0.2, 0.25) is 0 Å². The molecule has 0 N–H and O–H groups in total. The van der Waals surface area contributed by atoms with E-state index in [1.807, 2.05) is 0 Å². The van der Waals surface area contributed by atoms with Crippen molar-refractivity contribution in [1.29, 1.82) is 0 Å². The van der Waals surface area contributed by atoms with Gasteiger partial charge < -0.3 is 9.16 Å². The van der Waals surface area contributed by atoms with E-state index in [4.69, 9.17) is 9.16 Å². The molecule has 0 spiro atoms. The van der Waals surface area contributed by atoms with Crippen molar-refractivity contribution in [3.05, 3.63) is 57.6 Å². The van der Waals surface area contributed by atoms with Gasteiger partial charge in [-0.3, -0.25) is 0 Å². The fraction of sp³-hybridized carbons (Fsp3) is 0.478. The molecular formula is C23H32O2Si. The van der Waals surface area contributed by atoms with E-state index in [0.717, 1.165) is 0 Å². The Balaban J connectivity index is 2.37. The maximum atomic E-state index is 6.88. The Morgan fingerprint density at radius 3 is 1.46 bits per heavy atom. The molecule has 0 aliphatic carbocycles. The van der Waals surface area contributed by atoms with Crippen LogP contribution in [0.2, 0.25) is 0 Å². The van der Waals surface area contributed by atoms with Crippen molar-refractivity contribution >= 4 is 18.7 Å². The van der Waals surface area contributed by atoms with E-state index < -0.39 is 8.32 Å². The first kappa shape index (κ1) is 19.3. The number of benzene rings is 2. The van der Waals surface area contributed by atoms with Crippen LogP contribution in [-0.4, -0.2) is 26.8 Å². The van der Waals surface area contributed by atoms with Crippen LogP contribution in [0.4, 0.5) is 0 Å². The lowest BCUT2D eigenvalue weighted by molar-refractivity contribution is -0.0249. The van der Waals surface area contributed by atoms with Crippen LogP contribution < -0.4 is 10.4 Å². The van der Waals surface area contributed by atoms with Crippen LogP contribution in [0, 0.1) is 41.5 Å². The summed E-state index contributed by atoms with van der Waals surface area (Å²) >= 11 is 0. The van der Waals surface area contributed by atoms with Gasteiger partial charge in [-0.2, -0.15) is 0 Å². The monoisotopic (exact) mass is 368 g/mol. The molecule has 3 rings (SSSR count). The molecule has 0 saturated carbocycles. The normalized spacial score (nSPS) is 22.5. The van der Waals surface area contributed by atoms with E-state index in [2.05, 4.69) is 79.7 Å². The van der Waals surface area contributed by atoms with E-state index >= 15 is 0 Å². The van der Waals surface area contributed by atoms with Gasteiger partial charge in [-0.05, 0) is 88.0 Å². The van der Waals surface area contributed by atoms with Gasteiger partial charge in [-0.1, -0.05) is 35.4 Å². The molecule has 0 aromatic heterocycles. The largest absolute Gasteiger partial charge is 0.403 e. The standard InChI is InChI=1S/C23H32O2Si/c1-14-9-16(3)22(17(4)10-14)26(21(8)25-20(7)13-24-26)23-18(5)11-15(2)12-19(23)6/h9-12,20-21H,13H2,1-8H3/t20-,21+/m0/s1. The summed E-state index contributed by atoms with van der Waals surface area (Å²) in [4.78, 5) is 0. The molecule has 1 aliphatic rings.